The quantitative estimate of drug-likeness (QED) is 0.594. The summed E-state index contributed by atoms with van der Waals surface area (Å²) in [5.74, 6) is 1.08. The van der Waals surface area contributed by atoms with Gasteiger partial charge in [-0.05, 0) is 51.6 Å². The number of nitrogens with one attached hydrogen (secondary N) is 3. The topological polar surface area (TPSA) is 104 Å². The molecule has 3 N–H and O–H groups in total. The number of alkyl halides is 1. The second-order valence-electron chi connectivity index (χ2n) is 7.90. The lowest BCUT2D eigenvalue weighted by molar-refractivity contribution is -0.117. The maximum absolute atomic E-state index is 14.2. The number of hydrogen-bond donors (Lipinski definition) is 3. The SMILES string of the molecule is C=N/C=C(\N=C(C)c1cnc2cnc(NC(=O)C3CC3)cc2c1)N[C@H]1CCNC[C@@H]1F. The van der Waals surface area contributed by atoms with Crippen molar-refractivity contribution in [2.75, 3.05) is 18.4 Å². The molecule has 1 aliphatic heterocycles. The molecule has 8 nitrogen and oxygen atoms in total. The van der Waals surface area contributed by atoms with Crippen molar-refractivity contribution < 1.29 is 9.18 Å². The van der Waals surface area contributed by atoms with E-state index in [-0.39, 0.29) is 17.9 Å². The van der Waals surface area contributed by atoms with Crippen LogP contribution in [0, 0.1) is 5.92 Å². The average Bonchev–Trinajstić information content (AvgIpc) is 3.60. The molecule has 1 amide bonds. The van der Waals surface area contributed by atoms with Crippen LogP contribution in [0.15, 0.2) is 46.5 Å². The Morgan fingerprint density at radius 1 is 1.29 bits per heavy atom. The Morgan fingerprint density at radius 2 is 2.13 bits per heavy atom. The van der Waals surface area contributed by atoms with E-state index in [0.29, 0.717) is 30.3 Å². The largest absolute Gasteiger partial charge is 0.363 e. The van der Waals surface area contributed by atoms with E-state index >= 15 is 0 Å². The van der Waals surface area contributed by atoms with Crippen LogP contribution in [0.25, 0.3) is 10.9 Å². The highest BCUT2D eigenvalue weighted by Gasteiger charge is 2.29. The molecule has 3 heterocycles. The summed E-state index contributed by atoms with van der Waals surface area (Å²) in [5.41, 5.74) is 2.22. The molecular weight excluding hydrogens is 397 g/mol. The molecule has 162 valence electrons. The number of pyridine rings is 2. The fourth-order valence-electron chi connectivity index (χ4n) is 3.47. The zero-order valence-corrected chi connectivity index (χ0v) is 17.4. The predicted octanol–water partition coefficient (Wildman–Crippen LogP) is 2.58. The Bertz CT molecular complexity index is 1050. The van der Waals surface area contributed by atoms with Crippen LogP contribution in [0.1, 0.15) is 31.7 Å². The number of aliphatic imine (C=N–C) groups is 2. The average molecular weight is 423 g/mol. The summed E-state index contributed by atoms with van der Waals surface area (Å²) < 4.78 is 14.2. The van der Waals surface area contributed by atoms with Crippen molar-refractivity contribution in [1.29, 1.82) is 0 Å². The van der Waals surface area contributed by atoms with Crippen LogP contribution in [-0.2, 0) is 4.79 Å². The zero-order valence-electron chi connectivity index (χ0n) is 17.4. The van der Waals surface area contributed by atoms with E-state index in [1.807, 2.05) is 19.1 Å². The number of carbonyl (C=O) groups excluding carboxylic acids is 1. The molecule has 9 heteroatoms. The van der Waals surface area contributed by atoms with Crippen LogP contribution >= 0.6 is 0 Å². The van der Waals surface area contributed by atoms with Crippen LogP contribution in [0.5, 0.6) is 0 Å². The number of nitrogens with zero attached hydrogens (tertiary/aromatic N) is 4. The number of halogens is 1. The summed E-state index contributed by atoms with van der Waals surface area (Å²) in [6.45, 7) is 6.41. The standard InChI is InChI=1S/C22H26FN7O/c1-13(28-21(12-24-2)29-18-5-6-25-10-17(18)23)16-7-15-8-20(27-11-19(15)26-9-16)30-22(31)14-3-4-14/h7-9,11-12,14,17-18,25,29H,2-6,10H2,1H3,(H,27,30,31)/b21-12+,28-13?/t17-,18-/m0/s1. The van der Waals surface area contributed by atoms with Crippen molar-refractivity contribution in [3.63, 3.8) is 0 Å². The number of anilines is 1. The van der Waals surface area contributed by atoms with Crippen LogP contribution in [-0.4, -0.2) is 53.6 Å². The van der Waals surface area contributed by atoms with E-state index in [1.165, 1.54) is 6.20 Å². The smallest absolute Gasteiger partial charge is 0.228 e. The Hall–Kier alpha value is -3.20. The molecule has 1 saturated heterocycles. The zero-order chi connectivity index (χ0) is 21.8. The summed E-state index contributed by atoms with van der Waals surface area (Å²) in [4.78, 5) is 29.1. The van der Waals surface area contributed by atoms with Gasteiger partial charge in [-0.1, -0.05) is 0 Å². The van der Waals surface area contributed by atoms with E-state index < -0.39 is 6.17 Å². The van der Waals surface area contributed by atoms with Gasteiger partial charge in [0.15, 0.2) is 0 Å². The van der Waals surface area contributed by atoms with Crippen LogP contribution in [0.2, 0.25) is 0 Å². The van der Waals surface area contributed by atoms with Crippen molar-refractivity contribution in [1.82, 2.24) is 20.6 Å². The minimum absolute atomic E-state index is 0.00978. The van der Waals surface area contributed by atoms with Gasteiger partial charge in [0.05, 0.1) is 24.0 Å². The Labute approximate surface area is 180 Å². The van der Waals surface area contributed by atoms with Gasteiger partial charge in [0.1, 0.15) is 17.8 Å². The molecule has 0 aromatic carbocycles. The van der Waals surface area contributed by atoms with Gasteiger partial charge in [-0.2, -0.15) is 0 Å². The van der Waals surface area contributed by atoms with Crippen molar-refractivity contribution in [3.8, 4) is 0 Å². The number of rotatable bonds is 7. The number of piperidine rings is 1. The summed E-state index contributed by atoms with van der Waals surface area (Å²) in [7, 11) is 0. The molecule has 31 heavy (non-hydrogen) atoms. The van der Waals surface area contributed by atoms with Crippen molar-refractivity contribution >= 4 is 35.1 Å². The summed E-state index contributed by atoms with van der Waals surface area (Å²) in [5, 5.41) is 9.87. The molecule has 2 aromatic rings. The normalized spacial score (nSPS) is 22.3. The molecule has 4 rings (SSSR count). The Morgan fingerprint density at radius 3 is 2.87 bits per heavy atom. The lowest BCUT2D eigenvalue weighted by Gasteiger charge is -2.28. The van der Waals surface area contributed by atoms with Gasteiger partial charge in [0.25, 0.3) is 0 Å². The second kappa shape index (κ2) is 9.30. The highest BCUT2D eigenvalue weighted by Crippen LogP contribution is 2.30. The number of hydrogen-bond acceptors (Lipinski definition) is 7. The van der Waals surface area contributed by atoms with Crippen LogP contribution in [0.4, 0.5) is 10.2 Å². The summed E-state index contributed by atoms with van der Waals surface area (Å²) in [6, 6.07) is 3.42. The Balaban J connectivity index is 1.54. The first-order valence-corrected chi connectivity index (χ1v) is 10.4. The fourth-order valence-corrected chi connectivity index (χ4v) is 3.47. The molecule has 0 bridgehead atoms. The molecule has 2 atom stereocenters. The molecule has 1 aliphatic carbocycles. The monoisotopic (exact) mass is 423 g/mol. The number of carbonyl (C=O) groups is 1. The molecule has 2 aliphatic rings. The molecule has 0 radical (unpaired) electrons. The lowest BCUT2D eigenvalue weighted by Crippen LogP contribution is -2.48. The summed E-state index contributed by atoms with van der Waals surface area (Å²) in [6.07, 6.45) is 6.37. The lowest BCUT2D eigenvalue weighted by atomic mass is 10.1. The van der Waals surface area contributed by atoms with E-state index in [9.17, 15) is 9.18 Å². The van der Waals surface area contributed by atoms with E-state index in [4.69, 9.17) is 0 Å². The first-order chi connectivity index (χ1) is 15.0. The van der Waals surface area contributed by atoms with Gasteiger partial charge in [0, 0.05) is 35.3 Å². The van der Waals surface area contributed by atoms with Gasteiger partial charge in [-0.15, -0.1) is 0 Å². The van der Waals surface area contributed by atoms with Gasteiger partial charge in [-0.25, -0.2) is 14.4 Å². The van der Waals surface area contributed by atoms with Crippen molar-refractivity contribution in [2.45, 2.75) is 38.4 Å². The van der Waals surface area contributed by atoms with Gasteiger partial charge < -0.3 is 16.0 Å². The summed E-state index contributed by atoms with van der Waals surface area (Å²) >= 11 is 0. The number of amides is 1. The van der Waals surface area contributed by atoms with Gasteiger partial charge in [0.2, 0.25) is 5.91 Å². The van der Waals surface area contributed by atoms with E-state index in [2.05, 4.69) is 42.6 Å². The predicted molar refractivity (Wildman–Crippen MR) is 120 cm³/mol. The van der Waals surface area contributed by atoms with Gasteiger partial charge >= 0.3 is 0 Å². The third-order valence-corrected chi connectivity index (χ3v) is 5.43. The maximum Gasteiger partial charge on any atom is 0.228 e. The molecule has 2 aromatic heterocycles. The molecule has 0 unspecified atom stereocenters. The van der Waals surface area contributed by atoms with Gasteiger partial charge in [-0.3, -0.25) is 14.8 Å². The molecule has 2 fully saturated rings. The van der Waals surface area contributed by atoms with Crippen LogP contribution in [0.3, 0.4) is 0 Å². The van der Waals surface area contributed by atoms with E-state index in [0.717, 1.165) is 35.9 Å². The maximum atomic E-state index is 14.2. The minimum Gasteiger partial charge on any atom is -0.363 e. The van der Waals surface area contributed by atoms with Crippen molar-refractivity contribution in [2.24, 2.45) is 15.9 Å². The first kappa shape index (κ1) is 21.0. The van der Waals surface area contributed by atoms with Crippen molar-refractivity contribution in [3.05, 3.63) is 42.1 Å². The minimum atomic E-state index is -1.00. The highest BCUT2D eigenvalue weighted by atomic mass is 19.1. The molecular formula is C22H26FN7O. The third-order valence-electron chi connectivity index (χ3n) is 5.43. The first-order valence-electron chi connectivity index (χ1n) is 10.4. The third kappa shape index (κ3) is 5.29. The van der Waals surface area contributed by atoms with Crippen LogP contribution < -0.4 is 16.0 Å². The Kier molecular flexibility index (Phi) is 6.31. The highest BCUT2D eigenvalue weighted by molar-refractivity contribution is 6.02. The van der Waals surface area contributed by atoms with E-state index in [1.54, 1.807) is 12.4 Å². The molecule has 1 saturated carbocycles. The number of fused-ring (bicyclic) bond motifs is 1. The fraction of sp³-hybridized carbons (Fsp3) is 0.409. The molecule has 0 spiro atoms. The second-order valence-corrected chi connectivity index (χ2v) is 7.90. The number of aromatic nitrogens is 2.